The van der Waals surface area contributed by atoms with Crippen LogP contribution in [0.4, 0.5) is 0 Å². The number of fused-ring (bicyclic) bond motifs is 5. The lowest BCUT2D eigenvalue weighted by Gasteiger charge is -2.40. The lowest BCUT2D eigenvalue weighted by Crippen LogP contribution is -2.37. The van der Waals surface area contributed by atoms with Crippen molar-refractivity contribution >= 4 is 6.08 Å². The quantitative estimate of drug-likeness (QED) is 0.219. The number of methoxy groups -OCH3 is 4. The summed E-state index contributed by atoms with van der Waals surface area (Å²) in [5.74, 6) is 3.38. The average Bonchev–Trinajstić information content (AvgIpc) is 3.32. The van der Waals surface area contributed by atoms with Gasteiger partial charge in [-0.05, 0) is 84.0 Å². The van der Waals surface area contributed by atoms with E-state index in [-0.39, 0.29) is 5.92 Å². The zero-order valence-corrected chi connectivity index (χ0v) is 25.6. The van der Waals surface area contributed by atoms with E-state index in [0.717, 1.165) is 63.3 Å². The third-order valence-electron chi connectivity index (χ3n) is 9.17. The maximum atomic E-state index is 12.9. The molecule has 6 nitrogen and oxygen atoms in total. The molecule has 0 saturated carbocycles. The molecule has 1 atom stereocenters. The number of hydrogen-bond donors (Lipinski definition) is 1. The van der Waals surface area contributed by atoms with E-state index < -0.39 is 11.2 Å². The third-order valence-corrected chi connectivity index (χ3v) is 9.17. The largest absolute Gasteiger partial charge is 0.497 e. The van der Waals surface area contributed by atoms with Crippen molar-refractivity contribution in [1.82, 2.24) is 0 Å². The molecule has 2 aliphatic rings. The standard InChI is InChI=1S/C37H38O6/c1-7-23(8-2)37(38)32-21-28(41-5)17-18-29(32)31-22-33(42-6)35-30(34(31)37)19-20-36(43-35,24-9-13-26(39-3)14-10-24)25-11-15-27(40-4)16-12-25/h9-23,38H,7-8H2,1-6H3. The lowest BCUT2D eigenvalue weighted by molar-refractivity contribution is 0.0156. The molecule has 0 bridgehead atoms. The highest BCUT2D eigenvalue weighted by Gasteiger charge is 2.50. The Labute approximate surface area is 253 Å². The maximum Gasteiger partial charge on any atom is 0.178 e. The molecule has 0 saturated heterocycles. The lowest BCUT2D eigenvalue weighted by atomic mass is 9.74. The van der Waals surface area contributed by atoms with E-state index >= 15 is 0 Å². The Hall–Kier alpha value is -4.42. The van der Waals surface area contributed by atoms with Crippen LogP contribution in [0.5, 0.6) is 28.7 Å². The van der Waals surface area contributed by atoms with E-state index in [4.69, 9.17) is 23.7 Å². The summed E-state index contributed by atoms with van der Waals surface area (Å²) < 4.78 is 29.7. The van der Waals surface area contributed by atoms with Gasteiger partial charge in [0.15, 0.2) is 17.1 Å². The van der Waals surface area contributed by atoms with Crippen LogP contribution in [0, 0.1) is 5.92 Å². The van der Waals surface area contributed by atoms with E-state index in [9.17, 15) is 5.11 Å². The summed E-state index contributed by atoms with van der Waals surface area (Å²) in [4.78, 5) is 0. The third kappa shape index (κ3) is 4.27. The Morgan fingerprint density at radius 3 is 1.77 bits per heavy atom. The van der Waals surface area contributed by atoms with Crippen molar-refractivity contribution in [2.45, 2.75) is 37.9 Å². The summed E-state index contributed by atoms with van der Waals surface area (Å²) in [7, 11) is 6.62. The minimum absolute atomic E-state index is 0.0274. The Kier molecular flexibility index (Phi) is 7.35. The smallest absolute Gasteiger partial charge is 0.178 e. The highest BCUT2D eigenvalue weighted by atomic mass is 16.5. The van der Waals surface area contributed by atoms with E-state index in [2.05, 4.69) is 26.0 Å². The van der Waals surface area contributed by atoms with Crippen molar-refractivity contribution in [2.75, 3.05) is 28.4 Å². The first-order chi connectivity index (χ1) is 20.9. The van der Waals surface area contributed by atoms with Gasteiger partial charge in [0.25, 0.3) is 0 Å². The van der Waals surface area contributed by atoms with Crippen molar-refractivity contribution in [3.63, 3.8) is 0 Å². The maximum absolute atomic E-state index is 12.9. The summed E-state index contributed by atoms with van der Waals surface area (Å²) in [5, 5.41) is 12.9. The van der Waals surface area contributed by atoms with Gasteiger partial charge in [-0.2, -0.15) is 0 Å². The molecule has 0 amide bonds. The molecule has 6 rings (SSSR count). The minimum atomic E-state index is -1.24. The number of hydrogen-bond acceptors (Lipinski definition) is 6. The summed E-state index contributed by atoms with van der Waals surface area (Å²) in [6.07, 6.45) is 5.77. The summed E-state index contributed by atoms with van der Waals surface area (Å²) in [6.45, 7) is 4.26. The summed E-state index contributed by atoms with van der Waals surface area (Å²) in [6, 6.07) is 23.7. The zero-order chi connectivity index (χ0) is 30.4. The normalized spacial score (nSPS) is 17.5. The molecule has 0 fully saturated rings. The summed E-state index contributed by atoms with van der Waals surface area (Å²) in [5.41, 5.74) is 4.05. The number of ether oxygens (including phenoxy) is 5. The highest BCUT2D eigenvalue weighted by molar-refractivity contribution is 5.89. The van der Waals surface area contributed by atoms with Gasteiger partial charge in [0, 0.05) is 22.3 Å². The van der Waals surface area contributed by atoms with E-state index in [1.165, 1.54) is 0 Å². The van der Waals surface area contributed by atoms with Crippen LogP contribution < -0.4 is 23.7 Å². The molecular formula is C37H38O6. The van der Waals surface area contributed by atoms with Gasteiger partial charge in [0.05, 0.1) is 28.4 Å². The van der Waals surface area contributed by atoms with Crippen LogP contribution in [-0.4, -0.2) is 33.5 Å². The van der Waals surface area contributed by atoms with Gasteiger partial charge < -0.3 is 28.8 Å². The molecule has 1 N–H and O–H groups in total. The minimum Gasteiger partial charge on any atom is -0.497 e. The number of benzene rings is 4. The number of rotatable bonds is 9. The van der Waals surface area contributed by atoms with E-state index in [1.54, 1.807) is 28.4 Å². The van der Waals surface area contributed by atoms with Crippen LogP contribution in [0.1, 0.15) is 54.5 Å². The van der Waals surface area contributed by atoms with Crippen LogP contribution in [0.15, 0.2) is 78.9 Å². The highest BCUT2D eigenvalue weighted by Crippen LogP contribution is 2.60. The van der Waals surface area contributed by atoms with Gasteiger partial charge in [-0.3, -0.25) is 0 Å². The molecule has 1 heterocycles. The Balaban J connectivity index is 1.62. The van der Waals surface area contributed by atoms with Gasteiger partial charge in [-0.1, -0.05) is 50.3 Å². The molecule has 1 aliphatic heterocycles. The molecular weight excluding hydrogens is 540 g/mol. The first kappa shape index (κ1) is 28.7. The first-order valence-electron chi connectivity index (χ1n) is 14.7. The Morgan fingerprint density at radius 2 is 1.26 bits per heavy atom. The first-order valence-corrected chi connectivity index (χ1v) is 14.7. The van der Waals surface area contributed by atoms with Gasteiger partial charge >= 0.3 is 0 Å². The van der Waals surface area contributed by atoms with Crippen molar-refractivity contribution in [3.8, 4) is 39.9 Å². The Morgan fingerprint density at radius 1 is 0.698 bits per heavy atom. The van der Waals surface area contributed by atoms with Gasteiger partial charge in [-0.15, -0.1) is 0 Å². The predicted octanol–water partition coefficient (Wildman–Crippen LogP) is 7.72. The van der Waals surface area contributed by atoms with Gasteiger partial charge in [0.2, 0.25) is 0 Å². The number of aliphatic hydroxyl groups is 1. The molecule has 1 aliphatic carbocycles. The van der Waals surface area contributed by atoms with Crippen molar-refractivity contribution in [2.24, 2.45) is 5.92 Å². The van der Waals surface area contributed by atoms with Gasteiger partial charge in [-0.25, -0.2) is 0 Å². The van der Waals surface area contributed by atoms with E-state index in [0.29, 0.717) is 17.2 Å². The molecule has 0 aromatic heterocycles. The van der Waals surface area contributed by atoms with Crippen molar-refractivity contribution < 1.29 is 28.8 Å². The second-order valence-corrected chi connectivity index (χ2v) is 11.1. The van der Waals surface area contributed by atoms with Crippen LogP contribution in [0.2, 0.25) is 0 Å². The molecule has 1 unspecified atom stereocenters. The fourth-order valence-corrected chi connectivity index (χ4v) is 6.89. The van der Waals surface area contributed by atoms with Crippen LogP contribution >= 0.6 is 0 Å². The second-order valence-electron chi connectivity index (χ2n) is 11.1. The zero-order valence-electron chi connectivity index (χ0n) is 25.6. The monoisotopic (exact) mass is 578 g/mol. The van der Waals surface area contributed by atoms with E-state index in [1.807, 2.05) is 72.8 Å². The fourth-order valence-electron chi connectivity index (χ4n) is 6.89. The molecule has 4 aromatic carbocycles. The van der Waals surface area contributed by atoms with Gasteiger partial charge in [0.1, 0.15) is 22.8 Å². The molecule has 222 valence electrons. The molecule has 4 aromatic rings. The SMILES string of the molecule is CCC(CC)C1(O)c2cc(OC)ccc2-c2cc(OC)c3c(c21)C=CC(c1ccc(OC)cc1)(c1ccc(OC)cc1)O3. The average molecular weight is 579 g/mol. The fraction of sp³-hybridized carbons (Fsp3) is 0.297. The van der Waals surface area contributed by atoms with Crippen LogP contribution in [-0.2, 0) is 11.2 Å². The topological polar surface area (TPSA) is 66.4 Å². The van der Waals surface area contributed by atoms with Crippen LogP contribution in [0.3, 0.4) is 0 Å². The molecule has 0 spiro atoms. The summed E-state index contributed by atoms with van der Waals surface area (Å²) >= 11 is 0. The second kappa shape index (κ2) is 11.0. The Bertz CT molecular complexity index is 1620. The van der Waals surface area contributed by atoms with Crippen molar-refractivity contribution in [1.29, 1.82) is 0 Å². The van der Waals surface area contributed by atoms with Crippen molar-refractivity contribution in [3.05, 3.63) is 107 Å². The molecule has 43 heavy (non-hydrogen) atoms. The predicted molar refractivity (Wildman–Crippen MR) is 168 cm³/mol. The molecule has 6 heteroatoms. The molecule has 0 radical (unpaired) electrons. The van der Waals surface area contributed by atoms with Crippen LogP contribution in [0.25, 0.3) is 17.2 Å².